The molecule has 8 heteroatoms. The van der Waals surface area contributed by atoms with E-state index in [-0.39, 0.29) is 6.04 Å². The van der Waals surface area contributed by atoms with Crippen molar-refractivity contribution in [1.82, 2.24) is 14.8 Å². The van der Waals surface area contributed by atoms with Gasteiger partial charge in [-0.15, -0.1) is 0 Å². The molecule has 1 aliphatic heterocycles. The quantitative estimate of drug-likeness (QED) is 0.858. The van der Waals surface area contributed by atoms with Crippen LogP contribution in [0.5, 0.6) is 0 Å². The van der Waals surface area contributed by atoms with E-state index in [1.54, 1.807) is 17.0 Å². The summed E-state index contributed by atoms with van der Waals surface area (Å²) >= 11 is 0. The molecule has 0 radical (unpaired) electrons. The number of aromatic nitrogens is 1. The summed E-state index contributed by atoms with van der Waals surface area (Å²) in [6.45, 7) is 2.65. The molecule has 2 aromatic rings. The van der Waals surface area contributed by atoms with Crippen LogP contribution >= 0.6 is 0 Å². The van der Waals surface area contributed by atoms with E-state index in [1.807, 2.05) is 30.6 Å². The maximum Gasteiger partial charge on any atom is 0.315 e. The molecule has 1 unspecified atom stereocenters. The number of nitrogens with one attached hydrogen (secondary N) is 1. The molecular weight excluding hydrogens is 340 g/mol. The molecule has 1 aliphatic rings. The summed E-state index contributed by atoms with van der Waals surface area (Å²) in [5, 5.41) is 0. The number of piperazine rings is 1. The van der Waals surface area contributed by atoms with Crippen LogP contribution in [0, 0.1) is 0 Å². The van der Waals surface area contributed by atoms with Gasteiger partial charge < -0.3 is 15.6 Å². The Balaban J connectivity index is 1.72. The van der Waals surface area contributed by atoms with E-state index < -0.39 is 15.9 Å². The maximum atomic E-state index is 11.7. The fourth-order valence-electron chi connectivity index (χ4n) is 3.18. The molecule has 0 bridgehead atoms. The molecule has 1 atom stereocenters. The van der Waals surface area contributed by atoms with Gasteiger partial charge in [-0.1, -0.05) is 12.1 Å². The number of rotatable bonds is 4. The number of H-pyrrole nitrogens is 1. The van der Waals surface area contributed by atoms with Crippen LogP contribution in [0.15, 0.2) is 47.6 Å². The SMILES string of the molecule is CS(=O)(=O)c1ccc(CN2CCN(C(N)=O)C(c3cc[nH]c3)C2)cc1. The molecule has 1 fully saturated rings. The second-order valence-electron chi connectivity index (χ2n) is 6.34. The highest BCUT2D eigenvalue weighted by Crippen LogP contribution is 2.26. The van der Waals surface area contributed by atoms with E-state index in [0.29, 0.717) is 24.5 Å². The number of nitrogens with two attached hydrogens (primary N) is 1. The molecule has 2 heterocycles. The largest absolute Gasteiger partial charge is 0.367 e. The molecule has 0 saturated carbocycles. The summed E-state index contributed by atoms with van der Waals surface area (Å²) in [4.78, 5) is 19.0. The van der Waals surface area contributed by atoms with Crippen molar-refractivity contribution in [2.24, 2.45) is 5.73 Å². The topological polar surface area (TPSA) is 99.5 Å². The van der Waals surface area contributed by atoms with Crippen LogP contribution in [0.25, 0.3) is 0 Å². The van der Waals surface area contributed by atoms with Gasteiger partial charge in [-0.25, -0.2) is 13.2 Å². The second-order valence-corrected chi connectivity index (χ2v) is 8.36. The van der Waals surface area contributed by atoms with E-state index >= 15 is 0 Å². The third kappa shape index (κ3) is 4.02. The number of carbonyl (C=O) groups excluding carboxylic acids is 1. The van der Waals surface area contributed by atoms with Crippen molar-refractivity contribution in [1.29, 1.82) is 0 Å². The molecule has 3 rings (SSSR count). The van der Waals surface area contributed by atoms with Crippen LogP contribution in [0.2, 0.25) is 0 Å². The smallest absolute Gasteiger partial charge is 0.315 e. The Kier molecular flexibility index (Phi) is 4.82. The summed E-state index contributed by atoms with van der Waals surface area (Å²) in [6, 6.07) is 8.38. The van der Waals surface area contributed by atoms with Crippen molar-refractivity contribution in [3.63, 3.8) is 0 Å². The zero-order valence-electron chi connectivity index (χ0n) is 14.1. The number of aromatic amines is 1. The molecule has 0 spiro atoms. The predicted molar refractivity (Wildman–Crippen MR) is 94.7 cm³/mol. The van der Waals surface area contributed by atoms with Crippen molar-refractivity contribution in [3.05, 3.63) is 53.9 Å². The molecule has 3 N–H and O–H groups in total. The Morgan fingerprint density at radius 2 is 1.96 bits per heavy atom. The lowest BCUT2D eigenvalue weighted by atomic mass is 10.1. The summed E-state index contributed by atoms with van der Waals surface area (Å²) in [5.74, 6) is 0. The van der Waals surface area contributed by atoms with Crippen molar-refractivity contribution >= 4 is 15.9 Å². The Morgan fingerprint density at radius 3 is 2.52 bits per heavy atom. The Labute approximate surface area is 147 Å². The van der Waals surface area contributed by atoms with Gasteiger partial charge in [-0.3, -0.25) is 4.90 Å². The highest BCUT2D eigenvalue weighted by atomic mass is 32.2. The Morgan fingerprint density at radius 1 is 1.24 bits per heavy atom. The summed E-state index contributed by atoms with van der Waals surface area (Å²) in [6.07, 6.45) is 4.91. The summed E-state index contributed by atoms with van der Waals surface area (Å²) in [5.41, 5.74) is 7.58. The molecule has 1 aromatic heterocycles. The highest BCUT2D eigenvalue weighted by molar-refractivity contribution is 7.90. The molecule has 2 amide bonds. The van der Waals surface area contributed by atoms with Crippen LogP contribution in [-0.2, 0) is 16.4 Å². The molecular formula is C17H22N4O3S. The van der Waals surface area contributed by atoms with E-state index in [2.05, 4.69) is 9.88 Å². The zero-order valence-corrected chi connectivity index (χ0v) is 14.9. The van der Waals surface area contributed by atoms with Gasteiger partial charge in [0.2, 0.25) is 0 Å². The lowest BCUT2D eigenvalue weighted by Crippen LogP contribution is -2.51. The number of benzene rings is 1. The average Bonchev–Trinajstić information content (AvgIpc) is 3.08. The minimum atomic E-state index is -3.18. The molecule has 0 aliphatic carbocycles. The minimum absolute atomic E-state index is 0.0900. The lowest BCUT2D eigenvalue weighted by Gasteiger charge is -2.40. The number of primary amides is 1. The molecule has 1 saturated heterocycles. The average molecular weight is 362 g/mol. The van der Waals surface area contributed by atoms with Crippen LogP contribution < -0.4 is 5.73 Å². The van der Waals surface area contributed by atoms with Crippen molar-refractivity contribution in [2.75, 3.05) is 25.9 Å². The number of nitrogens with zero attached hydrogens (tertiary/aromatic N) is 2. The number of urea groups is 1. The van der Waals surface area contributed by atoms with E-state index in [4.69, 9.17) is 5.73 Å². The number of hydrogen-bond donors (Lipinski definition) is 2. The number of hydrogen-bond acceptors (Lipinski definition) is 4. The molecule has 134 valence electrons. The van der Waals surface area contributed by atoms with Gasteiger partial charge in [0.25, 0.3) is 0 Å². The van der Waals surface area contributed by atoms with Gasteiger partial charge in [0.15, 0.2) is 9.84 Å². The minimum Gasteiger partial charge on any atom is -0.367 e. The van der Waals surface area contributed by atoms with Gasteiger partial charge in [0.1, 0.15) is 0 Å². The molecule has 25 heavy (non-hydrogen) atoms. The summed E-state index contributed by atoms with van der Waals surface area (Å²) in [7, 11) is -3.18. The number of sulfone groups is 1. The van der Waals surface area contributed by atoms with Crippen molar-refractivity contribution in [3.8, 4) is 0 Å². The predicted octanol–water partition coefficient (Wildman–Crippen LogP) is 1.36. The van der Waals surface area contributed by atoms with Crippen LogP contribution in [0.1, 0.15) is 17.2 Å². The summed E-state index contributed by atoms with van der Waals surface area (Å²) < 4.78 is 23.1. The molecule has 7 nitrogen and oxygen atoms in total. The Hall–Kier alpha value is -2.32. The van der Waals surface area contributed by atoms with Gasteiger partial charge in [-0.05, 0) is 29.3 Å². The first kappa shape index (κ1) is 17.5. The standard InChI is InChI=1S/C17H22N4O3S/c1-25(23,24)15-4-2-13(3-5-15)11-20-8-9-21(17(18)22)16(12-20)14-6-7-19-10-14/h2-7,10,16,19H,8-9,11-12H2,1H3,(H2,18,22). The van der Waals surface area contributed by atoms with Crippen LogP contribution in [0.4, 0.5) is 4.79 Å². The lowest BCUT2D eigenvalue weighted by molar-refractivity contribution is 0.0939. The van der Waals surface area contributed by atoms with Gasteiger partial charge in [0.05, 0.1) is 10.9 Å². The van der Waals surface area contributed by atoms with Crippen molar-refractivity contribution < 1.29 is 13.2 Å². The fourth-order valence-corrected chi connectivity index (χ4v) is 3.81. The van der Waals surface area contributed by atoms with Crippen molar-refractivity contribution in [2.45, 2.75) is 17.5 Å². The highest BCUT2D eigenvalue weighted by Gasteiger charge is 2.30. The first-order valence-corrected chi connectivity index (χ1v) is 9.94. The van der Waals surface area contributed by atoms with Gasteiger partial charge in [-0.2, -0.15) is 0 Å². The zero-order chi connectivity index (χ0) is 18.0. The normalized spacial score (nSPS) is 19.1. The third-order valence-corrected chi connectivity index (χ3v) is 5.64. The first-order chi connectivity index (χ1) is 11.8. The van der Waals surface area contributed by atoms with Crippen LogP contribution in [0.3, 0.4) is 0 Å². The Bertz CT molecular complexity index is 831. The van der Waals surface area contributed by atoms with Crippen LogP contribution in [-0.4, -0.2) is 55.1 Å². The molecule has 1 aromatic carbocycles. The monoisotopic (exact) mass is 362 g/mol. The van der Waals surface area contributed by atoms with E-state index in [0.717, 1.165) is 17.7 Å². The fraction of sp³-hybridized carbons (Fsp3) is 0.353. The van der Waals surface area contributed by atoms with E-state index in [9.17, 15) is 13.2 Å². The van der Waals surface area contributed by atoms with E-state index in [1.165, 1.54) is 6.26 Å². The third-order valence-electron chi connectivity index (χ3n) is 4.51. The number of carbonyl (C=O) groups is 1. The first-order valence-electron chi connectivity index (χ1n) is 8.05. The second kappa shape index (κ2) is 6.89. The van der Waals surface area contributed by atoms with Gasteiger partial charge in [0, 0.05) is 44.8 Å². The maximum absolute atomic E-state index is 11.7. The van der Waals surface area contributed by atoms with Gasteiger partial charge >= 0.3 is 6.03 Å². The number of amides is 2.